The van der Waals surface area contributed by atoms with Crippen LogP contribution in [0, 0.1) is 0 Å². The van der Waals surface area contributed by atoms with Gasteiger partial charge < -0.3 is 29.4 Å². The molecule has 0 unspecified atom stereocenters. The number of hydrogen-bond donors (Lipinski definition) is 2. The van der Waals surface area contributed by atoms with Gasteiger partial charge >= 0.3 is 12.4 Å². The zero-order valence-electron chi connectivity index (χ0n) is 20.9. The Morgan fingerprint density at radius 3 is 2.37 bits per heavy atom. The van der Waals surface area contributed by atoms with E-state index in [1.54, 1.807) is 35.1 Å². The van der Waals surface area contributed by atoms with Gasteiger partial charge in [0.15, 0.2) is 4.80 Å². The molecule has 0 spiro atoms. The van der Waals surface area contributed by atoms with Crippen molar-refractivity contribution in [2.24, 2.45) is 4.99 Å². The molecule has 0 saturated heterocycles. The highest BCUT2D eigenvalue weighted by molar-refractivity contribution is 7.07. The number of thiazole rings is 1. The van der Waals surface area contributed by atoms with Crippen LogP contribution in [0.3, 0.4) is 0 Å². The van der Waals surface area contributed by atoms with Crippen LogP contribution in [0.5, 0.6) is 17.2 Å². The second-order valence-corrected chi connectivity index (χ2v) is 8.59. The molecule has 2 aromatic carbocycles. The van der Waals surface area contributed by atoms with Gasteiger partial charge in [0, 0.05) is 31.1 Å². The summed E-state index contributed by atoms with van der Waals surface area (Å²) in [6.07, 6.45) is -4.29. The van der Waals surface area contributed by atoms with Gasteiger partial charge in [-0.1, -0.05) is 0 Å². The van der Waals surface area contributed by atoms with Gasteiger partial charge in [-0.05, 0) is 55.3 Å². The van der Waals surface area contributed by atoms with Crippen LogP contribution in [0.1, 0.15) is 23.7 Å². The number of urea groups is 1. The van der Waals surface area contributed by atoms with Crippen LogP contribution in [-0.4, -0.2) is 50.2 Å². The van der Waals surface area contributed by atoms with E-state index in [0.717, 1.165) is 0 Å². The predicted molar refractivity (Wildman–Crippen MR) is 136 cm³/mol. The number of rotatable bonds is 10. The molecule has 0 bridgehead atoms. The van der Waals surface area contributed by atoms with E-state index in [9.17, 15) is 22.8 Å². The number of methoxy groups -OCH3 is 2. The molecule has 3 amide bonds. The fourth-order valence-corrected chi connectivity index (χ4v) is 4.41. The number of ether oxygens (including phenoxy) is 3. The van der Waals surface area contributed by atoms with Crippen LogP contribution >= 0.6 is 11.3 Å². The first-order valence-electron chi connectivity index (χ1n) is 11.5. The topological polar surface area (TPSA) is 103 Å². The van der Waals surface area contributed by atoms with E-state index in [0.29, 0.717) is 53.6 Å². The molecule has 1 aromatic heterocycles. The highest BCUT2D eigenvalue weighted by Crippen LogP contribution is 2.28. The van der Waals surface area contributed by atoms with Crippen LogP contribution in [-0.2, 0) is 6.54 Å². The lowest BCUT2D eigenvalue weighted by Gasteiger charge is -2.12. The van der Waals surface area contributed by atoms with E-state index < -0.39 is 12.3 Å². The summed E-state index contributed by atoms with van der Waals surface area (Å²) < 4.78 is 53.9. The van der Waals surface area contributed by atoms with E-state index >= 15 is 0 Å². The molecule has 0 fully saturated rings. The molecule has 1 heterocycles. The van der Waals surface area contributed by atoms with Crippen LogP contribution in [0.2, 0.25) is 0 Å². The second kappa shape index (κ2) is 13.0. The molecule has 2 N–H and O–H groups in total. The summed E-state index contributed by atoms with van der Waals surface area (Å²) in [5.74, 6) is -0.0702. The van der Waals surface area contributed by atoms with E-state index in [1.807, 2.05) is 0 Å². The van der Waals surface area contributed by atoms with Gasteiger partial charge in [0.25, 0.3) is 5.91 Å². The maximum Gasteiger partial charge on any atom is 0.573 e. The summed E-state index contributed by atoms with van der Waals surface area (Å²) in [5, 5.41) is 7.14. The molecule has 0 aliphatic heterocycles. The first-order chi connectivity index (χ1) is 18.1. The molecule has 38 heavy (non-hydrogen) atoms. The van der Waals surface area contributed by atoms with Crippen LogP contribution in [0.25, 0.3) is 11.3 Å². The minimum absolute atomic E-state index is 0.237. The number of hydrogen-bond acceptors (Lipinski definition) is 6. The highest BCUT2D eigenvalue weighted by atomic mass is 32.1. The number of nitrogens with zero attached hydrogens (tertiary/aromatic N) is 2. The molecule has 3 rings (SSSR count). The van der Waals surface area contributed by atoms with Crippen molar-refractivity contribution in [2.45, 2.75) is 26.3 Å². The smallest absolute Gasteiger partial charge is 0.497 e. The first-order valence-corrected chi connectivity index (χ1v) is 12.4. The van der Waals surface area contributed by atoms with Gasteiger partial charge in [-0.2, -0.15) is 4.99 Å². The van der Waals surface area contributed by atoms with Crippen molar-refractivity contribution >= 4 is 23.3 Å². The number of nitrogens with one attached hydrogen (secondary N) is 2. The van der Waals surface area contributed by atoms with Gasteiger partial charge in [0.1, 0.15) is 17.2 Å². The summed E-state index contributed by atoms with van der Waals surface area (Å²) in [4.78, 5) is 29.4. The van der Waals surface area contributed by atoms with E-state index in [2.05, 4.69) is 20.4 Å². The largest absolute Gasteiger partial charge is 0.573 e. The number of carbonyl (C=O) groups is 2. The lowest BCUT2D eigenvalue weighted by atomic mass is 10.1. The van der Waals surface area contributed by atoms with E-state index in [4.69, 9.17) is 9.47 Å². The molecule has 3 aromatic rings. The summed E-state index contributed by atoms with van der Waals surface area (Å²) in [6, 6.07) is 9.87. The maximum absolute atomic E-state index is 13.1. The Balaban J connectivity index is 1.94. The third kappa shape index (κ3) is 7.75. The first kappa shape index (κ1) is 28.6. The van der Waals surface area contributed by atoms with Crippen molar-refractivity contribution in [1.29, 1.82) is 0 Å². The average molecular weight is 553 g/mol. The summed E-state index contributed by atoms with van der Waals surface area (Å²) >= 11 is 1.20. The molecule has 0 saturated carbocycles. The lowest BCUT2D eigenvalue weighted by Crippen LogP contribution is -2.36. The van der Waals surface area contributed by atoms with Crippen LogP contribution < -0.4 is 29.6 Å². The van der Waals surface area contributed by atoms with E-state index in [-0.39, 0.29) is 17.3 Å². The third-order valence-corrected chi connectivity index (χ3v) is 6.06. The minimum Gasteiger partial charge on any atom is -0.497 e. The third-order valence-electron chi connectivity index (χ3n) is 5.20. The summed E-state index contributed by atoms with van der Waals surface area (Å²) in [7, 11) is 2.93. The predicted octanol–water partition coefficient (Wildman–Crippen LogP) is 4.58. The van der Waals surface area contributed by atoms with Gasteiger partial charge in [-0.15, -0.1) is 24.5 Å². The van der Waals surface area contributed by atoms with Crippen LogP contribution in [0.15, 0.2) is 52.8 Å². The van der Waals surface area contributed by atoms with Crippen molar-refractivity contribution in [1.82, 2.24) is 15.2 Å². The molecule has 0 aliphatic rings. The number of carbonyl (C=O) groups excluding carboxylic acids is 2. The fourth-order valence-electron chi connectivity index (χ4n) is 3.48. The molecule has 9 nitrogen and oxygen atoms in total. The Morgan fingerprint density at radius 1 is 1.03 bits per heavy atom. The molecule has 13 heteroatoms. The zero-order chi connectivity index (χ0) is 27.7. The van der Waals surface area contributed by atoms with Crippen molar-refractivity contribution in [3.8, 4) is 28.5 Å². The maximum atomic E-state index is 13.1. The number of benzene rings is 2. The monoisotopic (exact) mass is 552 g/mol. The van der Waals surface area contributed by atoms with Gasteiger partial charge in [-0.25, -0.2) is 4.79 Å². The molecule has 0 aliphatic carbocycles. The average Bonchev–Trinajstić information content (AvgIpc) is 3.27. The molecular weight excluding hydrogens is 525 g/mol. The number of aromatic nitrogens is 1. The Bertz CT molecular complexity index is 1320. The van der Waals surface area contributed by atoms with Crippen molar-refractivity contribution in [2.75, 3.05) is 27.3 Å². The summed E-state index contributed by atoms with van der Waals surface area (Å²) in [6.45, 7) is 3.02. The number of amides is 3. The summed E-state index contributed by atoms with van der Waals surface area (Å²) in [5.41, 5.74) is 1.48. The van der Waals surface area contributed by atoms with Gasteiger partial charge in [-0.3, -0.25) is 4.79 Å². The number of alkyl halides is 3. The minimum atomic E-state index is -4.80. The molecule has 204 valence electrons. The highest BCUT2D eigenvalue weighted by Gasteiger charge is 2.31. The molecular formula is C25H27F3N4O5S. The Kier molecular flexibility index (Phi) is 9.77. The van der Waals surface area contributed by atoms with Crippen LogP contribution in [0.4, 0.5) is 18.0 Å². The SMILES string of the molecule is CCNC(=O)NCCCn1c(-c2ccc(OC(F)(F)F)cc2)csc1=NC(=O)c1ccc(OC)cc1OC. The van der Waals surface area contributed by atoms with Crippen molar-refractivity contribution < 1.29 is 37.0 Å². The quantitative estimate of drug-likeness (QED) is 0.359. The molecule has 0 atom stereocenters. The van der Waals surface area contributed by atoms with Crippen molar-refractivity contribution in [3.63, 3.8) is 0 Å². The Labute approximate surface area is 220 Å². The number of halogens is 3. The zero-order valence-corrected chi connectivity index (χ0v) is 21.7. The normalized spacial score (nSPS) is 11.7. The van der Waals surface area contributed by atoms with Gasteiger partial charge in [0.05, 0.1) is 25.5 Å². The Morgan fingerprint density at radius 2 is 1.74 bits per heavy atom. The second-order valence-electron chi connectivity index (χ2n) is 7.75. The Hall–Kier alpha value is -4.00. The van der Waals surface area contributed by atoms with Crippen molar-refractivity contribution in [3.05, 3.63) is 58.2 Å². The van der Waals surface area contributed by atoms with E-state index in [1.165, 1.54) is 49.8 Å². The molecule has 0 radical (unpaired) electrons. The van der Waals surface area contributed by atoms with Gasteiger partial charge in [0.2, 0.25) is 0 Å². The fraction of sp³-hybridized carbons (Fsp3) is 0.320. The standard InChI is InChI=1S/C25H27F3N4O5S/c1-4-29-23(34)30-12-5-13-32-20(16-6-8-17(9-7-16)37-25(26,27)28)15-38-24(32)31-22(33)19-11-10-18(35-2)14-21(19)36-3/h6-11,14-15H,4-5,12-13H2,1-3H3,(H2,29,30,34). The lowest BCUT2D eigenvalue weighted by molar-refractivity contribution is -0.274.